The number of nitrogens with zero attached hydrogens (tertiary/aromatic N) is 3. The lowest BCUT2D eigenvalue weighted by molar-refractivity contribution is -0.137. The lowest BCUT2D eigenvalue weighted by atomic mass is 10.1. The topological polar surface area (TPSA) is 50.2 Å². The molecule has 1 aliphatic heterocycles. The van der Waals surface area contributed by atoms with Crippen LogP contribution in [0.3, 0.4) is 0 Å². The predicted molar refractivity (Wildman–Crippen MR) is 70.5 cm³/mol. The van der Waals surface area contributed by atoms with Gasteiger partial charge in [0.2, 0.25) is 5.91 Å². The summed E-state index contributed by atoms with van der Waals surface area (Å²) in [6.07, 6.45) is 0. The fourth-order valence-corrected chi connectivity index (χ4v) is 2.55. The van der Waals surface area contributed by atoms with Crippen LogP contribution in [0.1, 0.15) is 31.3 Å². The van der Waals surface area contributed by atoms with Crippen LogP contribution in [0.5, 0.6) is 0 Å². The van der Waals surface area contributed by atoms with Gasteiger partial charge >= 0.3 is 0 Å². The molecule has 1 saturated heterocycles. The van der Waals surface area contributed by atoms with Crippen LogP contribution in [0.15, 0.2) is 6.07 Å². The van der Waals surface area contributed by atoms with E-state index in [4.69, 9.17) is 0 Å². The van der Waals surface area contributed by atoms with E-state index in [9.17, 15) is 4.79 Å². The monoisotopic (exact) mass is 250 g/mol. The number of hydrogen-bond acceptors (Lipinski definition) is 3. The van der Waals surface area contributed by atoms with Crippen molar-refractivity contribution in [2.45, 2.75) is 39.8 Å². The number of carbonyl (C=O) groups is 1. The van der Waals surface area contributed by atoms with E-state index in [1.807, 2.05) is 36.4 Å². The van der Waals surface area contributed by atoms with Gasteiger partial charge in [0.1, 0.15) is 6.04 Å². The van der Waals surface area contributed by atoms with E-state index in [0.29, 0.717) is 0 Å². The zero-order chi connectivity index (χ0) is 13.3. The van der Waals surface area contributed by atoms with Crippen LogP contribution in [0, 0.1) is 13.8 Å². The SMILES string of the molecule is Cc1cc(C)n(C(C)C(=O)N2CCNC[C@H]2C)n1. The Morgan fingerprint density at radius 2 is 2.28 bits per heavy atom. The highest BCUT2D eigenvalue weighted by Crippen LogP contribution is 2.16. The van der Waals surface area contributed by atoms with Crippen LogP contribution in [0.2, 0.25) is 0 Å². The molecule has 2 atom stereocenters. The quantitative estimate of drug-likeness (QED) is 0.848. The molecule has 1 aromatic heterocycles. The molecule has 1 aromatic rings. The van der Waals surface area contributed by atoms with Crippen LogP contribution in [-0.2, 0) is 4.79 Å². The van der Waals surface area contributed by atoms with E-state index in [1.54, 1.807) is 0 Å². The van der Waals surface area contributed by atoms with Crippen LogP contribution in [-0.4, -0.2) is 46.3 Å². The summed E-state index contributed by atoms with van der Waals surface area (Å²) < 4.78 is 1.83. The maximum Gasteiger partial charge on any atom is 0.247 e. The highest BCUT2D eigenvalue weighted by atomic mass is 16.2. The van der Waals surface area contributed by atoms with Crippen molar-refractivity contribution >= 4 is 5.91 Å². The van der Waals surface area contributed by atoms with Crippen LogP contribution in [0.4, 0.5) is 0 Å². The van der Waals surface area contributed by atoms with E-state index in [-0.39, 0.29) is 18.0 Å². The minimum absolute atomic E-state index is 0.162. The first kappa shape index (κ1) is 13.1. The standard InChI is InChI=1S/C13H22N4O/c1-9-7-10(2)17(15-9)12(4)13(18)16-6-5-14-8-11(16)3/h7,11-12,14H,5-6,8H2,1-4H3/t11-,12?/m1/s1. The van der Waals surface area contributed by atoms with E-state index < -0.39 is 0 Å². The molecular formula is C13H22N4O. The van der Waals surface area contributed by atoms with Crippen molar-refractivity contribution in [2.75, 3.05) is 19.6 Å². The fraction of sp³-hybridized carbons (Fsp3) is 0.692. The van der Waals surface area contributed by atoms with Gasteiger partial charge in [-0.1, -0.05) is 0 Å². The third kappa shape index (κ3) is 2.41. The Kier molecular flexibility index (Phi) is 3.71. The minimum atomic E-state index is -0.223. The summed E-state index contributed by atoms with van der Waals surface area (Å²) in [4.78, 5) is 14.5. The normalized spacial score (nSPS) is 22.0. The number of aromatic nitrogens is 2. The Labute approximate surface area is 108 Å². The van der Waals surface area contributed by atoms with Gasteiger partial charge in [-0.25, -0.2) is 0 Å². The molecule has 0 aromatic carbocycles. The van der Waals surface area contributed by atoms with Crippen LogP contribution < -0.4 is 5.32 Å². The van der Waals surface area contributed by atoms with Gasteiger partial charge in [0.05, 0.1) is 5.69 Å². The van der Waals surface area contributed by atoms with Crippen molar-refractivity contribution in [2.24, 2.45) is 0 Å². The first-order chi connectivity index (χ1) is 8.50. The van der Waals surface area contributed by atoms with E-state index in [0.717, 1.165) is 31.0 Å². The highest BCUT2D eigenvalue weighted by molar-refractivity contribution is 5.80. The summed E-state index contributed by atoms with van der Waals surface area (Å²) >= 11 is 0. The van der Waals surface area contributed by atoms with Crippen molar-refractivity contribution < 1.29 is 4.79 Å². The molecule has 1 aliphatic rings. The van der Waals surface area contributed by atoms with Crippen molar-refractivity contribution in [3.63, 3.8) is 0 Å². The number of rotatable bonds is 2. The summed E-state index contributed by atoms with van der Waals surface area (Å²) in [5, 5.41) is 7.70. The number of nitrogens with one attached hydrogen (secondary N) is 1. The average molecular weight is 250 g/mol. The third-order valence-corrected chi connectivity index (χ3v) is 3.55. The maximum absolute atomic E-state index is 12.5. The summed E-state index contributed by atoms with van der Waals surface area (Å²) in [5.74, 6) is 0.162. The Morgan fingerprint density at radius 3 is 2.83 bits per heavy atom. The lowest BCUT2D eigenvalue weighted by Gasteiger charge is -2.35. The summed E-state index contributed by atoms with van der Waals surface area (Å²) in [7, 11) is 0. The van der Waals surface area contributed by atoms with Gasteiger partial charge in [-0.3, -0.25) is 9.48 Å². The molecule has 5 heteroatoms. The van der Waals surface area contributed by atoms with Crippen molar-refractivity contribution in [1.29, 1.82) is 0 Å². The second-order valence-electron chi connectivity index (χ2n) is 5.13. The molecule has 1 amide bonds. The van der Waals surface area contributed by atoms with Crippen LogP contribution in [0.25, 0.3) is 0 Å². The van der Waals surface area contributed by atoms with Crippen LogP contribution >= 0.6 is 0 Å². The second kappa shape index (κ2) is 5.10. The molecular weight excluding hydrogens is 228 g/mol. The lowest BCUT2D eigenvalue weighted by Crippen LogP contribution is -2.53. The first-order valence-corrected chi connectivity index (χ1v) is 6.54. The molecule has 2 rings (SSSR count). The van der Waals surface area contributed by atoms with Crippen molar-refractivity contribution in [3.8, 4) is 0 Å². The average Bonchev–Trinajstić information content (AvgIpc) is 2.67. The molecule has 0 bridgehead atoms. The molecule has 18 heavy (non-hydrogen) atoms. The third-order valence-electron chi connectivity index (χ3n) is 3.55. The number of carbonyl (C=O) groups excluding carboxylic acids is 1. The van der Waals surface area contributed by atoms with Gasteiger partial charge < -0.3 is 10.2 Å². The molecule has 2 heterocycles. The maximum atomic E-state index is 12.5. The van der Waals surface area contributed by atoms with Crippen molar-refractivity contribution in [3.05, 3.63) is 17.5 Å². The fourth-order valence-electron chi connectivity index (χ4n) is 2.55. The molecule has 100 valence electrons. The van der Waals surface area contributed by atoms with Gasteiger partial charge in [-0.05, 0) is 33.8 Å². The molecule has 5 nitrogen and oxygen atoms in total. The number of amides is 1. The summed E-state index contributed by atoms with van der Waals surface area (Å²) in [6, 6.07) is 2.04. The number of aryl methyl sites for hydroxylation is 2. The predicted octanol–water partition coefficient (Wildman–Crippen LogP) is 0.881. The Morgan fingerprint density at radius 1 is 1.56 bits per heavy atom. The Hall–Kier alpha value is -1.36. The summed E-state index contributed by atoms with van der Waals surface area (Å²) in [5.41, 5.74) is 2.00. The van der Waals surface area contributed by atoms with Gasteiger partial charge in [-0.15, -0.1) is 0 Å². The molecule has 0 spiro atoms. The van der Waals surface area contributed by atoms with Crippen molar-refractivity contribution in [1.82, 2.24) is 20.0 Å². The molecule has 1 fully saturated rings. The van der Waals surface area contributed by atoms with Gasteiger partial charge in [0, 0.05) is 31.4 Å². The molecule has 0 radical (unpaired) electrons. The molecule has 0 saturated carbocycles. The van der Waals surface area contributed by atoms with E-state index >= 15 is 0 Å². The highest BCUT2D eigenvalue weighted by Gasteiger charge is 2.28. The second-order valence-corrected chi connectivity index (χ2v) is 5.13. The number of piperazine rings is 1. The van der Waals surface area contributed by atoms with Gasteiger partial charge in [0.15, 0.2) is 0 Å². The molecule has 0 aliphatic carbocycles. The molecule has 1 unspecified atom stereocenters. The smallest absolute Gasteiger partial charge is 0.247 e. The summed E-state index contributed by atoms with van der Waals surface area (Å²) in [6.45, 7) is 10.5. The molecule has 1 N–H and O–H groups in total. The van der Waals surface area contributed by atoms with E-state index in [2.05, 4.69) is 17.3 Å². The number of hydrogen-bond donors (Lipinski definition) is 1. The van der Waals surface area contributed by atoms with E-state index in [1.165, 1.54) is 0 Å². The zero-order valence-electron chi connectivity index (χ0n) is 11.6. The minimum Gasteiger partial charge on any atom is -0.336 e. The van der Waals surface area contributed by atoms with Gasteiger partial charge in [0.25, 0.3) is 0 Å². The Balaban J connectivity index is 2.15. The largest absolute Gasteiger partial charge is 0.336 e. The van der Waals surface area contributed by atoms with Gasteiger partial charge in [-0.2, -0.15) is 5.10 Å². The Bertz CT molecular complexity index is 440. The zero-order valence-corrected chi connectivity index (χ0v) is 11.6. The first-order valence-electron chi connectivity index (χ1n) is 6.54.